The van der Waals surface area contributed by atoms with Crippen LogP contribution >= 0.6 is 0 Å². The van der Waals surface area contributed by atoms with Crippen LogP contribution < -0.4 is 0 Å². The molecule has 1 aliphatic rings. The molecule has 1 aliphatic heterocycles. The number of hydrogen-bond acceptors (Lipinski definition) is 3. The molecule has 1 aromatic rings. The Morgan fingerprint density at radius 2 is 1.80 bits per heavy atom. The lowest BCUT2D eigenvalue weighted by Crippen LogP contribution is -2.44. The van der Waals surface area contributed by atoms with E-state index in [1.54, 1.807) is 0 Å². The van der Waals surface area contributed by atoms with Crippen molar-refractivity contribution in [1.29, 1.82) is 0 Å². The van der Waals surface area contributed by atoms with Gasteiger partial charge in [0.1, 0.15) is 0 Å². The first-order chi connectivity index (χ1) is 11.8. The highest BCUT2D eigenvalue weighted by molar-refractivity contribution is 7.89. The maximum atomic E-state index is 12.9. The molecule has 1 atom stereocenters. The van der Waals surface area contributed by atoms with Crippen molar-refractivity contribution < 1.29 is 18.3 Å². The third kappa shape index (κ3) is 5.82. The highest BCUT2D eigenvalue weighted by Crippen LogP contribution is 2.27. The molecule has 0 spiro atoms. The number of carboxylic acid groups (broad SMARTS) is 1. The van der Waals surface area contributed by atoms with Gasteiger partial charge in [0.2, 0.25) is 10.0 Å². The predicted molar refractivity (Wildman–Crippen MR) is 98.9 cm³/mol. The molecule has 1 N–H and O–H groups in total. The summed E-state index contributed by atoms with van der Waals surface area (Å²) in [6.45, 7) is 4.84. The van der Waals surface area contributed by atoms with Crippen molar-refractivity contribution >= 4 is 16.0 Å². The van der Waals surface area contributed by atoms with Gasteiger partial charge in [-0.3, -0.25) is 4.79 Å². The van der Waals surface area contributed by atoms with E-state index in [0.717, 1.165) is 19.3 Å². The SMILES string of the molecule is CC(C)CC(CC(=O)O)S(=O)(=O)N1CCC(Cc2ccccc2)CC1. The summed E-state index contributed by atoms with van der Waals surface area (Å²) in [5, 5.41) is 8.26. The second-order valence-corrected chi connectivity index (χ2v) is 9.64. The van der Waals surface area contributed by atoms with Gasteiger partial charge in [-0.15, -0.1) is 0 Å². The lowest BCUT2D eigenvalue weighted by molar-refractivity contribution is -0.137. The first-order valence-corrected chi connectivity index (χ1v) is 10.5. The van der Waals surface area contributed by atoms with Gasteiger partial charge in [-0.2, -0.15) is 0 Å². The van der Waals surface area contributed by atoms with Crippen LogP contribution in [0.1, 0.15) is 45.1 Å². The summed E-state index contributed by atoms with van der Waals surface area (Å²) in [5.74, 6) is -0.417. The fourth-order valence-corrected chi connectivity index (χ4v) is 5.68. The number of carboxylic acids is 1. The van der Waals surface area contributed by atoms with Crippen LogP contribution in [-0.4, -0.2) is 42.1 Å². The Bertz CT molecular complexity index is 649. The summed E-state index contributed by atoms with van der Waals surface area (Å²) in [5.41, 5.74) is 1.28. The summed E-state index contributed by atoms with van der Waals surface area (Å²) in [6.07, 6.45) is 2.70. The van der Waals surface area contributed by atoms with Crippen molar-refractivity contribution in [2.24, 2.45) is 11.8 Å². The van der Waals surface area contributed by atoms with E-state index in [4.69, 9.17) is 5.11 Å². The summed E-state index contributed by atoms with van der Waals surface area (Å²) in [4.78, 5) is 11.1. The van der Waals surface area contributed by atoms with Gasteiger partial charge in [-0.1, -0.05) is 44.2 Å². The van der Waals surface area contributed by atoms with Crippen LogP contribution in [0.15, 0.2) is 30.3 Å². The van der Waals surface area contributed by atoms with E-state index in [2.05, 4.69) is 12.1 Å². The molecule has 1 unspecified atom stereocenters. The van der Waals surface area contributed by atoms with Crippen LogP contribution in [0, 0.1) is 11.8 Å². The molecule has 25 heavy (non-hydrogen) atoms. The van der Waals surface area contributed by atoms with Crippen LogP contribution in [-0.2, 0) is 21.2 Å². The number of piperidine rings is 1. The number of nitrogens with zero attached hydrogens (tertiary/aromatic N) is 1. The molecule has 140 valence electrons. The van der Waals surface area contributed by atoms with Crippen LogP contribution in [0.2, 0.25) is 0 Å². The fraction of sp³-hybridized carbons (Fsp3) is 0.632. The second kappa shape index (κ2) is 8.81. The quantitative estimate of drug-likeness (QED) is 0.766. The van der Waals surface area contributed by atoms with Gasteiger partial charge in [0.25, 0.3) is 0 Å². The third-order valence-corrected chi connectivity index (χ3v) is 7.14. The van der Waals surface area contributed by atoms with Crippen LogP contribution in [0.25, 0.3) is 0 Å². The summed E-state index contributed by atoms with van der Waals surface area (Å²) in [6, 6.07) is 10.3. The first kappa shape index (κ1) is 19.9. The van der Waals surface area contributed by atoms with Crippen molar-refractivity contribution in [2.45, 2.75) is 51.2 Å². The molecule has 1 saturated heterocycles. The molecule has 0 saturated carbocycles. The lowest BCUT2D eigenvalue weighted by atomic mass is 9.91. The van der Waals surface area contributed by atoms with Crippen LogP contribution in [0.5, 0.6) is 0 Å². The minimum absolute atomic E-state index is 0.148. The van der Waals surface area contributed by atoms with E-state index in [1.165, 1.54) is 9.87 Å². The Hall–Kier alpha value is -1.40. The summed E-state index contributed by atoms with van der Waals surface area (Å²) >= 11 is 0. The second-order valence-electron chi connectivity index (χ2n) is 7.43. The maximum Gasteiger partial charge on any atom is 0.304 e. The zero-order valence-corrected chi connectivity index (χ0v) is 15.9. The third-order valence-electron chi connectivity index (χ3n) is 4.86. The number of sulfonamides is 1. The molecule has 1 fully saturated rings. The highest BCUT2D eigenvalue weighted by Gasteiger charge is 2.36. The van der Waals surface area contributed by atoms with E-state index in [-0.39, 0.29) is 12.3 Å². The van der Waals surface area contributed by atoms with Crippen molar-refractivity contribution in [3.8, 4) is 0 Å². The topological polar surface area (TPSA) is 74.7 Å². The van der Waals surface area contributed by atoms with Crippen LogP contribution in [0.4, 0.5) is 0 Å². The fourth-order valence-electron chi connectivity index (χ4n) is 3.56. The average molecular weight is 368 g/mol. The molecule has 0 aromatic heterocycles. The van der Waals surface area contributed by atoms with E-state index < -0.39 is 21.2 Å². The average Bonchev–Trinajstić information content (AvgIpc) is 2.55. The van der Waals surface area contributed by atoms with Crippen molar-refractivity contribution in [3.05, 3.63) is 35.9 Å². The predicted octanol–water partition coefficient (Wildman–Crippen LogP) is 3.16. The summed E-state index contributed by atoms with van der Waals surface area (Å²) < 4.78 is 27.3. The number of rotatable bonds is 8. The van der Waals surface area contributed by atoms with E-state index in [9.17, 15) is 13.2 Å². The number of aliphatic carboxylic acids is 1. The normalized spacial score (nSPS) is 18.4. The highest BCUT2D eigenvalue weighted by atomic mass is 32.2. The minimum Gasteiger partial charge on any atom is -0.481 e. The smallest absolute Gasteiger partial charge is 0.304 e. The standard InChI is InChI=1S/C19H29NO4S/c1-15(2)12-18(14-19(21)22)25(23,24)20-10-8-17(9-11-20)13-16-6-4-3-5-7-16/h3-7,15,17-18H,8-14H2,1-2H3,(H,21,22). The first-order valence-electron chi connectivity index (χ1n) is 9.03. The molecule has 1 heterocycles. The van der Waals surface area contributed by atoms with Gasteiger partial charge < -0.3 is 5.11 Å². The van der Waals surface area contributed by atoms with Crippen molar-refractivity contribution in [1.82, 2.24) is 4.31 Å². The number of hydrogen-bond donors (Lipinski definition) is 1. The van der Waals surface area contributed by atoms with Gasteiger partial charge >= 0.3 is 5.97 Å². The molecule has 1 aromatic carbocycles. The Morgan fingerprint density at radius 3 is 2.32 bits per heavy atom. The molecule has 6 heteroatoms. The molecule has 0 aliphatic carbocycles. The Morgan fingerprint density at radius 1 is 1.20 bits per heavy atom. The largest absolute Gasteiger partial charge is 0.481 e. The maximum absolute atomic E-state index is 12.9. The molecular formula is C19H29NO4S. The van der Waals surface area contributed by atoms with E-state index in [0.29, 0.717) is 25.4 Å². The monoisotopic (exact) mass is 367 g/mol. The van der Waals surface area contributed by atoms with Gasteiger partial charge in [0.15, 0.2) is 0 Å². The van der Waals surface area contributed by atoms with Gasteiger partial charge in [-0.05, 0) is 43.1 Å². The van der Waals surface area contributed by atoms with E-state index in [1.807, 2.05) is 32.0 Å². The lowest BCUT2D eigenvalue weighted by Gasteiger charge is -2.34. The van der Waals surface area contributed by atoms with Crippen molar-refractivity contribution in [2.75, 3.05) is 13.1 Å². The Kier molecular flexibility index (Phi) is 7.02. The summed E-state index contributed by atoms with van der Waals surface area (Å²) in [7, 11) is -3.56. The number of carbonyl (C=O) groups is 1. The van der Waals surface area contributed by atoms with Crippen LogP contribution in [0.3, 0.4) is 0 Å². The molecule has 0 bridgehead atoms. The molecule has 2 rings (SSSR count). The zero-order valence-electron chi connectivity index (χ0n) is 15.1. The van der Waals surface area contributed by atoms with Gasteiger partial charge in [-0.25, -0.2) is 12.7 Å². The molecular weight excluding hydrogens is 338 g/mol. The van der Waals surface area contributed by atoms with Gasteiger partial charge in [0, 0.05) is 13.1 Å². The Balaban J connectivity index is 1.98. The number of benzene rings is 1. The van der Waals surface area contributed by atoms with E-state index >= 15 is 0 Å². The Labute approximate surface area is 151 Å². The molecule has 0 radical (unpaired) electrons. The molecule has 0 amide bonds. The molecule has 5 nitrogen and oxygen atoms in total. The minimum atomic E-state index is -3.56. The van der Waals surface area contributed by atoms with Gasteiger partial charge in [0.05, 0.1) is 11.7 Å². The zero-order chi connectivity index (χ0) is 18.4. The van der Waals surface area contributed by atoms with Crippen molar-refractivity contribution in [3.63, 3.8) is 0 Å².